The molecule has 2 rings (SSSR count). The molecule has 0 spiro atoms. The molecule has 0 amide bonds. The third-order valence-corrected chi connectivity index (χ3v) is 3.08. The zero-order valence-corrected chi connectivity index (χ0v) is 11.4. The highest BCUT2D eigenvalue weighted by Gasteiger charge is 2.14. The van der Waals surface area contributed by atoms with Gasteiger partial charge in [-0.2, -0.15) is 5.26 Å². The van der Waals surface area contributed by atoms with E-state index in [0.717, 1.165) is 5.56 Å². The van der Waals surface area contributed by atoms with E-state index in [1.165, 1.54) is 6.07 Å². The van der Waals surface area contributed by atoms with Crippen LogP contribution in [0.1, 0.15) is 22.3 Å². The standard InChI is InChI=1S/C16H14FN3O/c17-15-5-1-6-16(14(15)12-21)20(9-3-7-18)11-13-4-2-8-19-10-13/h1-2,4-6,8,10,12H,3,9,11H2. The van der Waals surface area contributed by atoms with Crippen molar-refractivity contribution in [2.75, 3.05) is 11.4 Å². The van der Waals surface area contributed by atoms with Gasteiger partial charge in [-0.25, -0.2) is 4.39 Å². The smallest absolute Gasteiger partial charge is 0.155 e. The molecule has 0 N–H and O–H groups in total. The van der Waals surface area contributed by atoms with E-state index >= 15 is 0 Å². The van der Waals surface area contributed by atoms with Crippen LogP contribution in [0.4, 0.5) is 10.1 Å². The molecule has 0 radical (unpaired) electrons. The SMILES string of the molecule is N#CCCN(Cc1cccnc1)c1cccc(F)c1C=O. The first-order chi connectivity index (χ1) is 10.3. The maximum atomic E-state index is 13.7. The number of aromatic nitrogens is 1. The van der Waals surface area contributed by atoms with Gasteiger partial charge in [0, 0.05) is 25.5 Å². The Morgan fingerprint density at radius 1 is 1.33 bits per heavy atom. The van der Waals surface area contributed by atoms with Crippen molar-refractivity contribution < 1.29 is 9.18 Å². The fourth-order valence-electron chi connectivity index (χ4n) is 2.10. The fourth-order valence-corrected chi connectivity index (χ4v) is 2.10. The highest BCUT2D eigenvalue weighted by atomic mass is 19.1. The molecule has 2 aromatic rings. The summed E-state index contributed by atoms with van der Waals surface area (Å²) >= 11 is 0. The summed E-state index contributed by atoms with van der Waals surface area (Å²) in [5, 5.41) is 8.78. The zero-order valence-electron chi connectivity index (χ0n) is 11.4. The van der Waals surface area contributed by atoms with Crippen LogP contribution in [0, 0.1) is 17.1 Å². The number of nitriles is 1. The highest BCUT2D eigenvalue weighted by Crippen LogP contribution is 2.23. The molecule has 0 aliphatic heterocycles. The van der Waals surface area contributed by atoms with E-state index < -0.39 is 5.82 Å². The van der Waals surface area contributed by atoms with Gasteiger partial charge in [0.2, 0.25) is 0 Å². The first kappa shape index (κ1) is 14.7. The summed E-state index contributed by atoms with van der Waals surface area (Å²) < 4.78 is 13.7. The van der Waals surface area contributed by atoms with Crippen LogP contribution in [-0.4, -0.2) is 17.8 Å². The molecule has 0 saturated heterocycles. The van der Waals surface area contributed by atoms with Crippen molar-refractivity contribution in [2.45, 2.75) is 13.0 Å². The monoisotopic (exact) mass is 283 g/mol. The average Bonchev–Trinajstić information content (AvgIpc) is 2.52. The summed E-state index contributed by atoms with van der Waals surface area (Å²) in [5.41, 5.74) is 1.43. The highest BCUT2D eigenvalue weighted by molar-refractivity contribution is 5.85. The molecule has 0 saturated carbocycles. The Bertz CT molecular complexity index is 652. The zero-order chi connectivity index (χ0) is 15.1. The Balaban J connectivity index is 2.34. The second-order valence-electron chi connectivity index (χ2n) is 4.48. The first-order valence-electron chi connectivity index (χ1n) is 6.50. The Morgan fingerprint density at radius 2 is 2.19 bits per heavy atom. The number of carbonyl (C=O) groups is 1. The Kier molecular flexibility index (Phi) is 4.99. The van der Waals surface area contributed by atoms with E-state index in [9.17, 15) is 9.18 Å². The van der Waals surface area contributed by atoms with Crippen LogP contribution < -0.4 is 4.90 Å². The maximum Gasteiger partial charge on any atom is 0.155 e. The van der Waals surface area contributed by atoms with Crippen LogP contribution in [0.25, 0.3) is 0 Å². The van der Waals surface area contributed by atoms with Crippen LogP contribution in [0.15, 0.2) is 42.7 Å². The van der Waals surface area contributed by atoms with Crippen molar-refractivity contribution in [3.8, 4) is 6.07 Å². The van der Waals surface area contributed by atoms with Crippen LogP contribution in [-0.2, 0) is 6.54 Å². The summed E-state index contributed by atoms with van der Waals surface area (Å²) in [6, 6.07) is 10.3. The molecular formula is C16H14FN3O. The summed E-state index contributed by atoms with van der Waals surface area (Å²) in [6.07, 6.45) is 4.17. The number of nitrogens with zero attached hydrogens (tertiary/aromatic N) is 3. The fraction of sp³-hybridized carbons (Fsp3) is 0.188. The van der Waals surface area contributed by atoms with Crippen LogP contribution in [0.3, 0.4) is 0 Å². The van der Waals surface area contributed by atoms with Gasteiger partial charge in [-0.1, -0.05) is 12.1 Å². The van der Waals surface area contributed by atoms with Crippen molar-refractivity contribution >= 4 is 12.0 Å². The van der Waals surface area contributed by atoms with Gasteiger partial charge in [0.05, 0.1) is 23.7 Å². The average molecular weight is 283 g/mol. The molecule has 0 aliphatic carbocycles. The Hall–Kier alpha value is -2.74. The molecule has 0 atom stereocenters. The molecule has 1 aromatic carbocycles. The molecule has 4 nitrogen and oxygen atoms in total. The number of hydrogen-bond donors (Lipinski definition) is 0. The van der Waals surface area contributed by atoms with Gasteiger partial charge in [-0.15, -0.1) is 0 Å². The molecular weight excluding hydrogens is 269 g/mol. The lowest BCUT2D eigenvalue weighted by atomic mass is 10.1. The molecule has 0 fully saturated rings. The molecule has 0 bridgehead atoms. The minimum atomic E-state index is -0.560. The second-order valence-corrected chi connectivity index (χ2v) is 4.48. The molecule has 1 heterocycles. The lowest BCUT2D eigenvalue weighted by Gasteiger charge is -2.25. The number of aldehydes is 1. The van der Waals surface area contributed by atoms with Crippen LogP contribution >= 0.6 is 0 Å². The largest absolute Gasteiger partial charge is 0.365 e. The molecule has 106 valence electrons. The van der Waals surface area contributed by atoms with Crippen molar-refractivity contribution in [3.63, 3.8) is 0 Å². The lowest BCUT2D eigenvalue weighted by Crippen LogP contribution is -2.25. The third-order valence-electron chi connectivity index (χ3n) is 3.08. The van der Waals surface area contributed by atoms with E-state index in [2.05, 4.69) is 11.1 Å². The number of halogens is 1. The summed E-state index contributed by atoms with van der Waals surface area (Å²) in [4.78, 5) is 17.0. The van der Waals surface area contributed by atoms with Gasteiger partial charge in [0.25, 0.3) is 0 Å². The number of anilines is 1. The van der Waals surface area contributed by atoms with Gasteiger partial charge in [0.1, 0.15) is 5.82 Å². The quantitative estimate of drug-likeness (QED) is 0.765. The maximum absolute atomic E-state index is 13.7. The number of benzene rings is 1. The first-order valence-corrected chi connectivity index (χ1v) is 6.50. The Labute approximate surface area is 122 Å². The predicted octanol–water partition coefficient (Wildman–Crippen LogP) is 2.95. The number of carbonyl (C=O) groups excluding carboxylic acids is 1. The predicted molar refractivity (Wildman–Crippen MR) is 77.3 cm³/mol. The molecule has 0 unspecified atom stereocenters. The molecule has 1 aromatic heterocycles. The summed E-state index contributed by atoms with van der Waals surface area (Å²) in [6.45, 7) is 0.871. The van der Waals surface area contributed by atoms with Gasteiger partial charge in [-0.05, 0) is 23.8 Å². The topological polar surface area (TPSA) is 57.0 Å². The summed E-state index contributed by atoms with van der Waals surface area (Å²) in [5.74, 6) is -0.560. The normalized spacial score (nSPS) is 9.90. The van der Waals surface area contributed by atoms with Crippen molar-refractivity contribution in [3.05, 3.63) is 59.7 Å². The third kappa shape index (κ3) is 3.63. The van der Waals surface area contributed by atoms with E-state index in [4.69, 9.17) is 5.26 Å². The van der Waals surface area contributed by atoms with E-state index in [1.54, 1.807) is 24.5 Å². The lowest BCUT2D eigenvalue weighted by molar-refractivity contribution is 0.112. The van der Waals surface area contributed by atoms with Gasteiger partial charge >= 0.3 is 0 Å². The van der Waals surface area contributed by atoms with Crippen molar-refractivity contribution in [2.24, 2.45) is 0 Å². The molecule has 0 aliphatic rings. The number of rotatable bonds is 6. The minimum absolute atomic E-state index is 0.0133. The second kappa shape index (κ2) is 7.15. The van der Waals surface area contributed by atoms with E-state index in [0.29, 0.717) is 25.1 Å². The van der Waals surface area contributed by atoms with Gasteiger partial charge in [0.15, 0.2) is 6.29 Å². The number of hydrogen-bond acceptors (Lipinski definition) is 4. The van der Waals surface area contributed by atoms with Crippen LogP contribution in [0.2, 0.25) is 0 Å². The van der Waals surface area contributed by atoms with Gasteiger partial charge < -0.3 is 4.90 Å². The van der Waals surface area contributed by atoms with Crippen molar-refractivity contribution in [1.82, 2.24) is 4.98 Å². The Morgan fingerprint density at radius 3 is 2.86 bits per heavy atom. The molecule has 5 heteroatoms. The van der Waals surface area contributed by atoms with Gasteiger partial charge in [-0.3, -0.25) is 9.78 Å². The molecule has 21 heavy (non-hydrogen) atoms. The summed E-state index contributed by atoms with van der Waals surface area (Å²) in [7, 11) is 0. The van der Waals surface area contributed by atoms with E-state index in [1.807, 2.05) is 17.0 Å². The van der Waals surface area contributed by atoms with Crippen molar-refractivity contribution in [1.29, 1.82) is 5.26 Å². The van der Waals surface area contributed by atoms with Crippen LogP contribution in [0.5, 0.6) is 0 Å². The minimum Gasteiger partial charge on any atom is -0.365 e. The van der Waals surface area contributed by atoms with E-state index in [-0.39, 0.29) is 12.0 Å². The number of pyridine rings is 1.